The molecule has 0 saturated carbocycles. The van der Waals surface area contributed by atoms with Crippen molar-refractivity contribution in [2.24, 2.45) is 0 Å². The molecule has 1 heteroatoms. The molecule has 0 N–H and O–H groups in total. The third kappa shape index (κ3) is 1.28. The Hall–Kier alpha value is -1.09. The number of fused-ring (bicyclic) bond motifs is 3. The van der Waals surface area contributed by atoms with Crippen molar-refractivity contribution in [3.63, 3.8) is 0 Å². The second kappa shape index (κ2) is 3.57. The maximum atomic E-state index is 2.24. The van der Waals surface area contributed by atoms with E-state index < -0.39 is 0 Å². The van der Waals surface area contributed by atoms with Crippen LogP contribution < -0.4 is 18.9 Å². The van der Waals surface area contributed by atoms with Gasteiger partial charge in [-0.3, -0.25) is 0 Å². The Balaban J connectivity index is 0.000000750. The Morgan fingerprint density at radius 2 is 1.07 bits per heavy atom. The minimum Gasteiger partial charge on any atom is -0.126 e. The molecule has 62 valence electrons. The third-order valence-electron chi connectivity index (χ3n) is 2.52. The van der Waals surface area contributed by atoms with E-state index in [2.05, 4.69) is 54.6 Å². The van der Waals surface area contributed by atoms with Gasteiger partial charge in [-0.15, -0.1) is 39.7 Å². The molecule has 0 aliphatic heterocycles. The van der Waals surface area contributed by atoms with Gasteiger partial charge in [0, 0.05) is 0 Å². The van der Waals surface area contributed by atoms with Crippen molar-refractivity contribution in [1.82, 2.24) is 0 Å². The number of hydrogen-bond donors (Lipinski definition) is 0. The molecular weight excluding hydrogens is 163 g/mol. The standard InChI is InChI=1S/C13H9.Li/c1-3-7-12-10(5-1)9-11-6-2-4-8-13(11)12;/h1-9H;/q-1;+1. The molecule has 0 unspecified atom stereocenters. The molecule has 0 amide bonds. The quantitative estimate of drug-likeness (QED) is 0.346. The summed E-state index contributed by atoms with van der Waals surface area (Å²) in [5, 5.41) is 5.39. The molecule has 3 aromatic carbocycles. The van der Waals surface area contributed by atoms with E-state index in [1.54, 1.807) is 0 Å². The van der Waals surface area contributed by atoms with Gasteiger partial charge in [0.1, 0.15) is 0 Å². The molecule has 3 aromatic rings. The van der Waals surface area contributed by atoms with Crippen LogP contribution in [0.4, 0.5) is 0 Å². The zero-order chi connectivity index (χ0) is 8.67. The van der Waals surface area contributed by atoms with Gasteiger partial charge in [0.2, 0.25) is 0 Å². The van der Waals surface area contributed by atoms with Gasteiger partial charge in [-0.25, -0.2) is 0 Å². The summed E-state index contributed by atoms with van der Waals surface area (Å²) in [7, 11) is 0. The molecule has 0 aliphatic carbocycles. The van der Waals surface area contributed by atoms with Crippen LogP contribution >= 0.6 is 0 Å². The largest absolute Gasteiger partial charge is 1.00 e. The van der Waals surface area contributed by atoms with E-state index in [1.165, 1.54) is 21.5 Å². The minimum atomic E-state index is 0. The van der Waals surface area contributed by atoms with Gasteiger partial charge in [-0.2, -0.15) is 0 Å². The molecule has 3 rings (SSSR count). The van der Waals surface area contributed by atoms with Crippen LogP contribution in [0.1, 0.15) is 0 Å². The second-order valence-corrected chi connectivity index (χ2v) is 3.32. The van der Waals surface area contributed by atoms with Gasteiger partial charge in [0.05, 0.1) is 0 Å². The van der Waals surface area contributed by atoms with Crippen molar-refractivity contribution >= 4 is 21.5 Å². The summed E-state index contributed by atoms with van der Waals surface area (Å²) in [6.45, 7) is 0. The number of rotatable bonds is 0. The van der Waals surface area contributed by atoms with Crippen molar-refractivity contribution in [3.05, 3.63) is 54.6 Å². The summed E-state index contributed by atoms with van der Waals surface area (Å²) in [6.07, 6.45) is 0. The Morgan fingerprint density at radius 1 is 0.643 bits per heavy atom. The molecule has 0 saturated heterocycles. The molecule has 0 spiro atoms. The Kier molecular flexibility index (Phi) is 2.42. The second-order valence-electron chi connectivity index (χ2n) is 3.32. The van der Waals surface area contributed by atoms with Gasteiger partial charge in [0.15, 0.2) is 0 Å². The average molecular weight is 172 g/mol. The van der Waals surface area contributed by atoms with Crippen LogP contribution in [0.25, 0.3) is 21.5 Å². The zero-order valence-corrected chi connectivity index (χ0v) is 8.20. The van der Waals surface area contributed by atoms with Crippen LogP contribution in [0.15, 0.2) is 54.6 Å². The number of benzene rings is 2. The first kappa shape index (κ1) is 9.46. The summed E-state index contributed by atoms with van der Waals surface area (Å²) in [5.41, 5.74) is 0. The van der Waals surface area contributed by atoms with Crippen LogP contribution in [-0.2, 0) is 0 Å². The molecule has 0 aliphatic rings. The molecular formula is C13H9Li. The predicted octanol–water partition coefficient (Wildman–Crippen LogP) is 0.716. The molecule has 0 nitrogen and oxygen atoms in total. The van der Waals surface area contributed by atoms with E-state index in [4.69, 9.17) is 0 Å². The molecule has 0 radical (unpaired) electrons. The molecule has 0 fully saturated rings. The van der Waals surface area contributed by atoms with Crippen molar-refractivity contribution < 1.29 is 18.9 Å². The summed E-state index contributed by atoms with van der Waals surface area (Å²) >= 11 is 0. The van der Waals surface area contributed by atoms with E-state index in [0.29, 0.717) is 0 Å². The van der Waals surface area contributed by atoms with E-state index in [0.717, 1.165) is 0 Å². The molecule has 0 heterocycles. The maximum absolute atomic E-state index is 2.24. The van der Waals surface area contributed by atoms with Crippen LogP contribution in [0.5, 0.6) is 0 Å². The fourth-order valence-corrected chi connectivity index (χ4v) is 1.90. The normalized spacial score (nSPS) is 10.3. The van der Waals surface area contributed by atoms with E-state index >= 15 is 0 Å². The monoisotopic (exact) mass is 172 g/mol. The average Bonchev–Trinajstić information content (AvgIpc) is 2.56. The van der Waals surface area contributed by atoms with Crippen LogP contribution in [0, 0.1) is 0 Å². The van der Waals surface area contributed by atoms with Gasteiger partial charge in [-0.05, 0) is 0 Å². The SMILES string of the molecule is [Li+].c1ccc2c(c1)[cH-]c1ccccc12. The minimum absolute atomic E-state index is 0. The van der Waals surface area contributed by atoms with Gasteiger partial charge >= 0.3 is 18.9 Å². The van der Waals surface area contributed by atoms with Crippen LogP contribution in [0.3, 0.4) is 0 Å². The van der Waals surface area contributed by atoms with Crippen LogP contribution in [-0.4, -0.2) is 0 Å². The summed E-state index contributed by atoms with van der Waals surface area (Å²) < 4.78 is 0. The first-order chi connectivity index (χ1) is 6.45. The molecule has 0 atom stereocenters. The van der Waals surface area contributed by atoms with Gasteiger partial charge in [0.25, 0.3) is 0 Å². The Morgan fingerprint density at radius 3 is 1.57 bits per heavy atom. The molecule has 14 heavy (non-hydrogen) atoms. The van der Waals surface area contributed by atoms with Crippen molar-refractivity contribution in [1.29, 1.82) is 0 Å². The van der Waals surface area contributed by atoms with Crippen molar-refractivity contribution in [2.75, 3.05) is 0 Å². The smallest absolute Gasteiger partial charge is 0.126 e. The van der Waals surface area contributed by atoms with Crippen molar-refractivity contribution in [3.8, 4) is 0 Å². The number of hydrogen-bond acceptors (Lipinski definition) is 0. The van der Waals surface area contributed by atoms with Crippen molar-refractivity contribution in [2.45, 2.75) is 0 Å². The Bertz CT molecular complexity index is 513. The van der Waals surface area contributed by atoms with Gasteiger partial charge < -0.3 is 0 Å². The summed E-state index contributed by atoms with van der Waals surface area (Å²) in [6, 6.07) is 19.3. The summed E-state index contributed by atoms with van der Waals surface area (Å²) in [4.78, 5) is 0. The fraction of sp³-hybridized carbons (Fsp3) is 0. The maximum Gasteiger partial charge on any atom is 1.00 e. The van der Waals surface area contributed by atoms with E-state index in [9.17, 15) is 0 Å². The molecule has 0 bridgehead atoms. The van der Waals surface area contributed by atoms with E-state index in [-0.39, 0.29) is 18.9 Å². The predicted molar refractivity (Wildman–Crippen MR) is 57.0 cm³/mol. The zero-order valence-electron chi connectivity index (χ0n) is 8.20. The Labute approximate surface area is 95.1 Å². The first-order valence-electron chi connectivity index (χ1n) is 4.48. The third-order valence-corrected chi connectivity index (χ3v) is 2.52. The van der Waals surface area contributed by atoms with Gasteiger partial charge in [-0.1, -0.05) is 36.4 Å². The molecule has 0 aromatic heterocycles. The first-order valence-corrected chi connectivity index (χ1v) is 4.48. The van der Waals surface area contributed by atoms with E-state index in [1.807, 2.05) is 0 Å². The topological polar surface area (TPSA) is 0 Å². The fourth-order valence-electron chi connectivity index (χ4n) is 1.90. The summed E-state index contributed by atoms with van der Waals surface area (Å²) in [5.74, 6) is 0. The van der Waals surface area contributed by atoms with Crippen LogP contribution in [0.2, 0.25) is 0 Å².